The highest BCUT2D eigenvalue weighted by Gasteiger charge is 2.19. The zero-order valence-corrected chi connectivity index (χ0v) is 11.4. The number of nitrogens with zero attached hydrogens (tertiary/aromatic N) is 2. The number of hydrogen-bond donors (Lipinski definition) is 1. The molecule has 90 valence electrons. The molecule has 0 saturated carbocycles. The fourth-order valence-corrected chi connectivity index (χ4v) is 3.83. The van der Waals surface area contributed by atoms with Gasteiger partial charge in [-0.3, -0.25) is 0 Å². The van der Waals surface area contributed by atoms with E-state index in [1.54, 1.807) is 11.3 Å². The smallest absolute Gasteiger partial charge is 0.185 e. The molecule has 1 saturated heterocycles. The molecule has 16 heavy (non-hydrogen) atoms. The second kappa shape index (κ2) is 5.38. The van der Waals surface area contributed by atoms with E-state index in [0.29, 0.717) is 5.92 Å². The zero-order valence-electron chi connectivity index (χ0n) is 9.77. The van der Waals surface area contributed by atoms with E-state index >= 15 is 0 Å². The number of thiazole rings is 1. The van der Waals surface area contributed by atoms with Gasteiger partial charge in [0.05, 0.1) is 17.2 Å². The van der Waals surface area contributed by atoms with Crippen LogP contribution in [0.4, 0.5) is 5.13 Å². The van der Waals surface area contributed by atoms with Crippen LogP contribution in [0.25, 0.3) is 0 Å². The van der Waals surface area contributed by atoms with E-state index in [9.17, 15) is 5.11 Å². The van der Waals surface area contributed by atoms with E-state index in [1.165, 1.54) is 11.5 Å². The quantitative estimate of drug-likeness (QED) is 0.902. The maximum atomic E-state index is 9.33. The Morgan fingerprint density at radius 1 is 1.38 bits per heavy atom. The lowest BCUT2D eigenvalue weighted by Crippen LogP contribution is -2.32. The Labute approximate surface area is 105 Å². The first-order chi connectivity index (χ1) is 7.72. The van der Waals surface area contributed by atoms with E-state index < -0.39 is 0 Å². The van der Waals surface area contributed by atoms with Crippen molar-refractivity contribution in [3.63, 3.8) is 0 Å². The van der Waals surface area contributed by atoms with Crippen LogP contribution >= 0.6 is 23.1 Å². The molecule has 1 aromatic heterocycles. The first-order valence-corrected chi connectivity index (χ1v) is 7.62. The summed E-state index contributed by atoms with van der Waals surface area (Å²) in [6.45, 7) is 6.54. The third-order valence-corrected chi connectivity index (χ3v) is 4.75. The molecule has 0 unspecified atom stereocenters. The number of anilines is 1. The molecule has 1 aliphatic rings. The zero-order chi connectivity index (χ0) is 11.5. The Morgan fingerprint density at radius 2 is 2.06 bits per heavy atom. The summed E-state index contributed by atoms with van der Waals surface area (Å²) in [6.07, 6.45) is 0. The Bertz CT molecular complexity index is 346. The maximum Gasteiger partial charge on any atom is 0.185 e. The number of rotatable bonds is 3. The van der Waals surface area contributed by atoms with Gasteiger partial charge in [-0.25, -0.2) is 4.98 Å². The molecule has 1 fully saturated rings. The molecule has 0 spiro atoms. The van der Waals surface area contributed by atoms with Crippen LogP contribution in [0, 0.1) is 0 Å². The van der Waals surface area contributed by atoms with Gasteiger partial charge in [0, 0.05) is 24.6 Å². The monoisotopic (exact) mass is 258 g/mol. The van der Waals surface area contributed by atoms with Crippen LogP contribution in [0.5, 0.6) is 0 Å². The van der Waals surface area contributed by atoms with Crippen LogP contribution < -0.4 is 4.90 Å². The highest BCUT2D eigenvalue weighted by molar-refractivity contribution is 7.99. The van der Waals surface area contributed by atoms with Gasteiger partial charge in [-0.1, -0.05) is 25.2 Å². The van der Waals surface area contributed by atoms with Crippen molar-refractivity contribution in [3.8, 4) is 0 Å². The van der Waals surface area contributed by atoms with Gasteiger partial charge < -0.3 is 10.0 Å². The normalized spacial score (nSPS) is 17.1. The number of aromatic nitrogens is 1. The molecule has 2 heterocycles. The lowest BCUT2D eigenvalue weighted by atomic mass is 10.1. The van der Waals surface area contributed by atoms with Gasteiger partial charge in [0.1, 0.15) is 0 Å². The predicted octanol–water partition coefficient (Wildman–Crippen LogP) is 2.31. The summed E-state index contributed by atoms with van der Waals surface area (Å²) in [5, 5.41) is 10.4. The molecular formula is C11H18N2OS2. The summed E-state index contributed by atoms with van der Waals surface area (Å²) in [4.78, 5) is 8.05. The van der Waals surface area contributed by atoms with Gasteiger partial charge in [0.15, 0.2) is 5.13 Å². The number of thioether (sulfide) groups is 1. The van der Waals surface area contributed by atoms with E-state index in [4.69, 9.17) is 0 Å². The van der Waals surface area contributed by atoms with Crippen LogP contribution in [0.1, 0.15) is 30.3 Å². The Hall–Kier alpha value is -0.260. The maximum absolute atomic E-state index is 9.33. The average molecular weight is 258 g/mol. The predicted molar refractivity (Wildman–Crippen MR) is 71.7 cm³/mol. The van der Waals surface area contributed by atoms with Crippen molar-refractivity contribution in [1.29, 1.82) is 0 Å². The number of aliphatic hydroxyl groups is 1. The largest absolute Gasteiger partial charge is 0.391 e. The van der Waals surface area contributed by atoms with Crippen LogP contribution in [-0.2, 0) is 6.61 Å². The summed E-state index contributed by atoms with van der Waals surface area (Å²) in [7, 11) is 0. The van der Waals surface area contributed by atoms with Crippen LogP contribution in [0.15, 0.2) is 0 Å². The van der Waals surface area contributed by atoms with Gasteiger partial charge in [-0.15, -0.1) is 0 Å². The molecule has 2 rings (SSSR count). The van der Waals surface area contributed by atoms with Gasteiger partial charge in [-0.05, 0) is 5.92 Å². The molecule has 0 radical (unpaired) electrons. The number of aliphatic hydroxyl groups excluding tert-OH is 1. The molecule has 0 aliphatic carbocycles. The molecule has 5 heteroatoms. The van der Waals surface area contributed by atoms with E-state index in [2.05, 4.69) is 23.7 Å². The fourth-order valence-electron chi connectivity index (χ4n) is 1.80. The third-order valence-electron chi connectivity index (χ3n) is 2.69. The minimum atomic E-state index is 0.119. The topological polar surface area (TPSA) is 36.4 Å². The Morgan fingerprint density at radius 3 is 2.56 bits per heavy atom. The van der Waals surface area contributed by atoms with Gasteiger partial charge in [-0.2, -0.15) is 11.8 Å². The molecule has 3 nitrogen and oxygen atoms in total. The second-order valence-corrected chi connectivity index (χ2v) is 6.50. The van der Waals surface area contributed by atoms with Crippen molar-refractivity contribution in [2.45, 2.75) is 26.4 Å². The minimum Gasteiger partial charge on any atom is -0.391 e. The molecule has 0 amide bonds. The summed E-state index contributed by atoms with van der Waals surface area (Å²) < 4.78 is 0. The van der Waals surface area contributed by atoms with E-state index in [-0.39, 0.29) is 6.61 Å². The molecule has 1 N–H and O–H groups in total. The van der Waals surface area contributed by atoms with Crippen molar-refractivity contribution in [1.82, 2.24) is 4.98 Å². The second-order valence-electron chi connectivity index (χ2n) is 4.22. The molecular weight excluding hydrogens is 240 g/mol. The van der Waals surface area contributed by atoms with Gasteiger partial charge in [0.25, 0.3) is 0 Å². The van der Waals surface area contributed by atoms with E-state index in [1.807, 2.05) is 11.8 Å². The molecule has 1 aliphatic heterocycles. The lowest BCUT2D eigenvalue weighted by Gasteiger charge is -2.25. The van der Waals surface area contributed by atoms with Crippen molar-refractivity contribution >= 4 is 28.2 Å². The van der Waals surface area contributed by atoms with Gasteiger partial charge in [0.2, 0.25) is 0 Å². The van der Waals surface area contributed by atoms with Crippen LogP contribution in [-0.4, -0.2) is 34.7 Å². The fraction of sp³-hybridized carbons (Fsp3) is 0.727. The van der Waals surface area contributed by atoms with Crippen molar-refractivity contribution in [2.24, 2.45) is 0 Å². The van der Waals surface area contributed by atoms with Crippen molar-refractivity contribution in [2.75, 3.05) is 29.5 Å². The van der Waals surface area contributed by atoms with E-state index in [0.717, 1.165) is 28.8 Å². The first kappa shape index (κ1) is 12.2. The van der Waals surface area contributed by atoms with Crippen LogP contribution in [0.3, 0.4) is 0 Å². The highest BCUT2D eigenvalue weighted by Crippen LogP contribution is 2.31. The Balaban J connectivity index is 2.20. The molecule has 0 atom stereocenters. The average Bonchev–Trinajstić information content (AvgIpc) is 2.74. The Kier molecular flexibility index (Phi) is 4.10. The van der Waals surface area contributed by atoms with Gasteiger partial charge >= 0.3 is 0 Å². The number of hydrogen-bond acceptors (Lipinski definition) is 5. The molecule has 0 bridgehead atoms. The summed E-state index contributed by atoms with van der Waals surface area (Å²) in [5.41, 5.74) is 1.07. The molecule has 0 aromatic carbocycles. The summed E-state index contributed by atoms with van der Waals surface area (Å²) in [5.74, 6) is 2.77. The lowest BCUT2D eigenvalue weighted by molar-refractivity contribution is 0.283. The summed E-state index contributed by atoms with van der Waals surface area (Å²) in [6, 6.07) is 0. The van der Waals surface area contributed by atoms with Crippen molar-refractivity contribution in [3.05, 3.63) is 10.6 Å². The standard InChI is InChI=1S/C11H18N2OS2/c1-8(2)10-9(7-14)16-11(12-10)13-3-5-15-6-4-13/h8,14H,3-7H2,1-2H3. The highest BCUT2D eigenvalue weighted by atomic mass is 32.2. The SMILES string of the molecule is CC(C)c1nc(N2CCSCC2)sc1CO. The molecule has 1 aromatic rings. The minimum absolute atomic E-state index is 0.119. The first-order valence-electron chi connectivity index (χ1n) is 5.65. The summed E-state index contributed by atoms with van der Waals surface area (Å²) >= 11 is 3.65. The van der Waals surface area contributed by atoms with Crippen molar-refractivity contribution < 1.29 is 5.11 Å². The van der Waals surface area contributed by atoms with Crippen LogP contribution in [0.2, 0.25) is 0 Å². The third kappa shape index (κ3) is 2.52.